The Morgan fingerprint density at radius 1 is 1.14 bits per heavy atom. The summed E-state index contributed by atoms with van der Waals surface area (Å²) in [4.78, 5) is 0. The first kappa shape index (κ1) is 23.1. The summed E-state index contributed by atoms with van der Waals surface area (Å²) in [6.45, 7) is 0. The number of hydrogen-bond donors (Lipinski definition) is 1. The molecule has 0 aromatic heterocycles. The zero-order valence-corrected chi connectivity index (χ0v) is 8.34. The van der Waals surface area contributed by atoms with Crippen LogP contribution in [-0.2, 0) is 0 Å². The van der Waals surface area contributed by atoms with Gasteiger partial charge in [-0.15, -0.1) is 0 Å². The molecule has 0 aromatic carbocycles. The van der Waals surface area contributed by atoms with Crippen LogP contribution in [-0.4, -0.2) is 17.8 Å². The van der Waals surface area contributed by atoms with E-state index in [0.717, 1.165) is 0 Å². The quantitative estimate of drug-likeness (QED) is 0.324. The predicted molar refractivity (Wildman–Crippen MR) is 11.6 cm³/mol. The van der Waals surface area contributed by atoms with Crippen LogP contribution in [0.15, 0.2) is 0 Å². The maximum Gasteiger partial charge on any atom is 1.00 e. The maximum atomic E-state index is 8.53. The van der Waals surface area contributed by atoms with E-state index in [0.29, 0.717) is 0 Å². The molecule has 4 nitrogen and oxygen atoms in total. The normalized spacial score (nSPS) is 3.86. The molecule has 32 valence electrons. The SMILES string of the molecule is O.[Na+].[Na+].[O-]B([O-])O. The third-order valence-electron chi connectivity index (χ3n) is 0. The summed E-state index contributed by atoms with van der Waals surface area (Å²) in [5.41, 5.74) is 0. The fraction of sp³-hybridized carbons (Fsp3) is 0. The van der Waals surface area contributed by atoms with Gasteiger partial charge in [0.05, 0.1) is 7.32 Å². The van der Waals surface area contributed by atoms with Crippen molar-refractivity contribution in [2.24, 2.45) is 0 Å². The van der Waals surface area contributed by atoms with Crippen molar-refractivity contribution in [2.75, 3.05) is 0 Å². The zero-order chi connectivity index (χ0) is 3.58. The van der Waals surface area contributed by atoms with Gasteiger partial charge in [0, 0.05) is 0 Å². The van der Waals surface area contributed by atoms with Crippen LogP contribution >= 0.6 is 0 Å². The molecule has 0 spiro atoms. The molecule has 0 amide bonds. The topological polar surface area (TPSA) is 97.9 Å². The van der Waals surface area contributed by atoms with Crippen LogP contribution < -0.4 is 69.2 Å². The standard InChI is InChI=1S/BHO3.2Na.H2O/c2-1(3)4;;;/h2H;;;1H2/q-2;2*+1;. The summed E-state index contributed by atoms with van der Waals surface area (Å²) < 4.78 is 0. The van der Waals surface area contributed by atoms with Crippen LogP contribution in [0.4, 0.5) is 0 Å². The van der Waals surface area contributed by atoms with Crippen LogP contribution in [0.5, 0.6) is 0 Å². The van der Waals surface area contributed by atoms with Crippen LogP contribution in [0.2, 0.25) is 0 Å². The van der Waals surface area contributed by atoms with Crippen molar-refractivity contribution in [1.29, 1.82) is 0 Å². The molecule has 0 aromatic rings. The van der Waals surface area contributed by atoms with Crippen molar-refractivity contribution in [3.8, 4) is 0 Å². The Balaban J connectivity index is -0.0000000150. The molecule has 0 radical (unpaired) electrons. The zero-order valence-electron chi connectivity index (χ0n) is 4.34. The fourth-order valence-electron chi connectivity index (χ4n) is 0. The third kappa shape index (κ3) is 76.0. The van der Waals surface area contributed by atoms with E-state index < -0.39 is 7.32 Å². The van der Waals surface area contributed by atoms with Crippen molar-refractivity contribution in [3.63, 3.8) is 0 Å². The third-order valence-corrected chi connectivity index (χ3v) is 0. The summed E-state index contributed by atoms with van der Waals surface area (Å²) in [6, 6.07) is 0. The minimum Gasteiger partial charge on any atom is -0.871 e. The molecule has 7 heteroatoms. The van der Waals surface area contributed by atoms with Gasteiger partial charge in [0.2, 0.25) is 0 Å². The molecule has 0 aliphatic rings. The van der Waals surface area contributed by atoms with E-state index in [1.165, 1.54) is 0 Å². The second-order valence-electron chi connectivity index (χ2n) is 0.307. The molecule has 0 aliphatic carbocycles. The first-order chi connectivity index (χ1) is 1.73. The van der Waals surface area contributed by atoms with Crippen molar-refractivity contribution in [3.05, 3.63) is 0 Å². The van der Waals surface area contributed by atoms with E-state index in [9.17, 15) is 0 Å². The van der Waals surface area contributed by atoms with E-state index in [2.05, 4.69) is 0 Å². The molecule has 0 saturated carbocycles. The van der Waals surface area contributed by atoms with Gasteiger partial charge in [-0.25, -0.2) is 0 Å². The average Bonchev–Trinajstić information content (AvgIpc) is 0.811. The van der Waals surface area contributed by atoms with Gasteiger partial charge in [0.15, 0.2) is 0 Å². The smallest absolute Gasteiger partial charge is 0.871 e. The molecule has 0 atom stereocenters. The van der Waals surface area contributed by atoms with Gasteiger partial charge in [0.1, 0.15) is 0 Å². The summed E-state index contributed by atoms with van der Waals surface area (Å²) in [6.07, 6.45) is 0. The minimum atomic E-state index is -2.67. The van der Waals surface area contributed by atoms with Gasteiger partial charge < -0.3 is 20.5 Å². The minimum absolute atomic E-state index is 0. The van der Waals surface area contributed by atoms with Gasteiger partial charge in [-0.05, 0) is 0 Å². The van der Waals surface area contributed by atoms with Crippen LogP contribution in [0, 0.1) is 0 Å². The Hall–Kier alpha value is 1.90. The maximum absolute atomic E-state index is 8.53. The van der Waals surface area contributed by atoms with Crippen LogP contribution in [0.1, 0.15) is 0 Å². The molecule has 0 rings (SSSR count). The van der Waals surface area contributed by atoms with Crippen LogP contribution in [0.3, 0.4) is 0 Å². The molecule has 0 bridgehead atoms. The molecule has 0 saturated heterocycles. The largest absolute Gasteiger partial charge is 1.00 e. The summed E-state index contributed by atoms with van der Waals surface area (Å²) in [7, 11) is -2.67. The fourth-order valence-corrected chi connectivity index (χ4v) is 0. The molecule has 0 unspecified atom stereocenters. The Bertz CT molecular complexity index is 14.4. The Labute approximate surface area is 86.0 Å². The first-order valence-electron chi connectivity index (χ1n) is 0.730. The van der Waals surface area contributed by atoms with Gasteiger partial charge >= 0.3 is 59.1 Å². The van der Waals surface area contributed by atoms with Crippen molar-refractivity contribution in [2.45, 2.75) is 0 Å². The molecule has 0 heterocycles. The Kier molecular flexibility index (Phi) is 51.8. The molecule has 7 heavy (non-hydrogen) atoms. The molecule has 0 aliphatic heterocycles. The summed E-state index contributed by atoms with van der Waals surface area (Å²) >= 11 is 0. The van der Waals surface area contributed by atoms with Gasteiger partial charge in [0.25, 0.3) is 0 Å². The van der Waals surface area contributed by atoms with E-state index in [1.807, 2.05) is 0 Å². The van der Waals surface area contributed by atoms with Crippen LogP contribution in [0.25, 0.3) is 0 Å². The van der Waals surface area contributed by atoms with E-state index in [1.54, 1.807) is 0 Å². The van der Waals surface area contributed by atoms with Gasteiger partial charge in [-0.2, -0.15) is 0 Å². The molecular weight excluding hydrogens is 121 g/mol. The van der Waals surface area contributed by atoms with Crippen molar-refractivity contribution in [1.82, 2.24) is 0 Å². The van der Waals surface area contributed by atoms with E-state index in [4.69, 9.17) is 15.1 Å². The first-order valence-corrected chi connectivity index (χ1v) is 0.730. The molecular formula is H3BNa2O4. The van der Waals surface area contributed by atoms with Gasteiger partial charge in [-0.1, -0.05) is 0 Å². The monoisotopic (exact) mass is 124 g/mol. The Morgan fingerprint density at radius 3 is 1.14 bits per heavy atom. The molecule has 0 fully saturated rings. The van der Waals surface area contributed by atoms with Crippen molar-refractivity contribution < 1.29 is 79.7 Å². The predicted octanol–water partition coefficient (Wildman–Crippen LogP) is -10.1. The number of hydrogen-bond acceptors (Lipinski definition) is 3. The average molecular weight is 124 g/mol. The van der Waals surface area contributed by atoms with E-state index >= 15 is 0 Å². The van der Waals surface area contributed by atoms with Crippen molar-refractivity contribution >= 4 is 7.32 Å². The second kappa shape index (κ2) is 15.7. The second-order valence-corrected chi connectivity index (χ2v) is 0.307. The Morgan fingerprint density at radius 2 is 1.14 bits per heavy atom. The molecule has 3 N–H and O–H groups in total. The van der Waals surface area contributed by atoms with E-state index in [-0.39, 0.29) is 64.6 Å². The number of rotatable bonds is 0. The summed E-state index contributed by atoms with van der Waals surface area (Å²) in [5.74, 6) is 0. The summed E-state index contributed by atoms with van der Waals surface area (Å²) in [5, 5.41) is 24.0. The van der Waals surface area contributed by atoms with Gasteiger partial charge in [-0.3, -0.25) is 0 Å².